The van der Waals surface area contributed by atoms with Gasteiger partial charge in [0.15, 0.2) is 0 Å². The monoisotopic (exact) mass is 330 g/mol. The minimum atomic E-state index is -0.518. The highest BCUT2D eigenvalue weighted by Gasteiger charge is 2.50. The van der Waals surface area contributed by atoms with Crippen LogP contribution in [-0.4, -0.2) is 18.0 Å². The molecule has 1 aliphatic carbocycles. The van der Waals surface area contributed by atoms with Crippen molar-refractivity contribution in [2.24, 2.45) is 11.3 Å². The maximum atomic E-state index is 13.9. The normalized spacial score (nSPS) is 30.8. The van der Waals surface area contributed by atoms with E-state index in [-0.39, 0.29) is 11.5 Å². The van der Waals surface area contributed by atoms with E-state index in [1.54, 1.807) is 6.07 Å². The molecule has 1 saturated heterocycles. The van der Waals surface area contributed by atoms with Crippen LogP contribution in [0, 0.1) is 23.0 Å². The van der Waals surface area contributed by atoms with Crippen LogP contribution in [-0.2, 0) is 11.2 Å². The predicted molar refractivity (Wildman–Crippen MR) is 73.4 cm³/mol. The second-order valence-electron chi connectivity index (χ2n) is 5.79. The zero-order chi connectivity index (χ0) is 13.5. The third-order valence-electron chi connectivity index (χ3n) is 4.37. The molecule has 1 aromatic rings. The quantitative estimate of drug-likeness (QED) is 0.755. The van der Waals surface area contributed by atoms with Gasteiger partial charge in [0.25, 0.3) is 0 Å². The SMILES string of the molecule is Fc1ccc(CC2(CBr)CCOC2C2CC2)c(F)c1. The molecule has 0 N–H and O–H groups in total. The number of hydrogen-bond acceptors (Lipinski definition) is 1. The number of halogens is 3. The van der Waals surface area contributed by atoms with Crippen LogP contribution in [0.25, 0.3) is 0 Å². The average molecular weight is 331 g/mol. The summed E-state index contributed by atoms with van der Waals surface area (Å²) in [4.78, 5) is 0. The summed E-state index contributed by atoms with van der Waals surface area (Å²) in [6, 6.07) is 3.87. The summed E-state index contributed by atoms with van der Waals surface area (Å²) in [7, 11) is 0. The molecule has 2 aliphatic rings. The number of rotatable bonds is 4. The molecule has 1 heterocycles. The van der Waals surface area contributed by atoms with E-state index in [9.17, 15) is 8.78 Å². The fourth-order valence-corrected chi connectivity index (χ4v) is 3.96. The topological polar surface area (TPSA) is 9.23 Å². The minimum absolute atomic E-state index is 0.0418. The molecule has 2 unspecified atom stereocenters. The van der Waals surface area contributed by atoms with Crippen molar-refractivity contribution < 1.29 is 13.5 Å². The van der Waals surface area contributed by atoms with Crippen molar-refractivity contribution in [3.05, 3.63) is 35.4 Å². The molecular weight excluding hydrogens is 314 g/mol. The lowest BCUT2D eigenvalue weighted by atomic mass is 9.76. The van der Waals surface area contributed by atoms with Gasteiger partial charge in [-0.15, -0.1) is 0 Å². The van der Waals surface area contributed by atoms with Gasteiger partial charge in [-0.1, -0.05) is 22.0 Å². The Hall–Kier alpha value is -0.480. The largest absolute Gasteiger partial charge is 0.377 e. The van der Waals surface area contributed by atoms with Crippen LogP contribution in [0.4, 0.5) is 8.78 Å². The van der Waals surface area contributed by atoms with Crippen LogP contribution >= 0.6 is 15.9 Å². The van der Waals surface area contributed by atoms with E-state index >= 15 is 0 Å². The van der Waals surface area contributed by atoms with E-state index in [0.717, 1.165) is 24.4 Å². The van der Waals surface area contributed by atoms with E-state index in [1.165, 1.54) is 18.9 Å². The maximum absolute atomic E-state index is 13.9. The first kappa shape index (κ1) is 13.5. The van der Waals surface area contributed by atoms with Gasteiger partial charge in [0.2, 0.25) is 0 Å². The molecule has 3 rings (SSSR count). The van der Waals surface area contributed by atoms with E-state index < -0.39 is 11.6 Å². The highest BCUT2D eigenvalue weighted by molar-refractivity contribution is 9.09. The fourth-order valence-electron chi connectivity index (χ4n) is 3.17. The Bertz CT molecular complexity index is 475. The van der Waals surface area contributed by atoms with Crippen LogP contribution in [0.1, 0.15) is 24.8 Å². The highest BCUT2D eigenvalue weighted by atomic mass is 79.9. The molecule has 1 saturated carbocycles. The molecule has 0 radical (unpaired) electrons. The van der Waals surface area contributed by atoms with Crippen molar-refractivity contribution in [3.63, 3.8) is 0 Å². The molecule has 1 aromatic carbocycles. The lowest BCUT2D eigenvalue weighted by Gasteiger charge is -2.33. The highest BCUT2D eigenvalue weighted by Crippen LogP contribution is 2.50. The summed E-state index contributed by atoms with van der Waals surface area (Å²) < 4.78 is 32.7. The molecule has 0 aromatic heterocycles. The lowest BCUT2D eigenvalue weighted by molar-refractivity contribution is 0.0410. The Balaban J connectivity index is 1.85. The van der Waals surface area contributed by atoms with Crippen LogP contribution in [0.3, 0.4) is 0 Å². The Morgan fingerprint density at radius 1 is 1.32 bits per heavy atom. The van der Waals surface area contributed by atoms with E-state index in [2.05, 4.69) is 15.9 Å². The van der Waals surface area contributed by atoms with Gasteiger partial charge < -0.3 is 4.74 Å². The molecule has 2 atom stereocenters. The Kier molecular flexibility index (Phi) is 3.65. The van der Waals surface area contributed by atoms with Crippen LogP contribution in [0.5, 0.6) is 0 Å². The van der Waals surface area contributed by atoms with E-state index in [1.807, 2.05) is 0 Å². The number of alkyl halides is 1. The number of ether oxygens (including phenoxy) is 1. The Labute approximate surface area is 120 Å². The summed E-state index contributed by atoms with van der Waals surface area (Å²) in [5.41, 5.74) is 0.553. The number of benzene rings is 1. The maximum Gasteiger partial charge on any atom is 0.129 e. The van der Waals surface area contributed by atoms with Gasteiger partial charge in [-0.3, -0.25) is 0 Å². The van der Waals surface area contributed by atoms with Crippen LogP contribution in [0.2, 0.25) is 0 Å². The van der Waals surface area contributed by atoms with Crippen molar-refractivity contribution in [2.45, 2.75) is 31.8 Å². The van der Waals surface area contributed by atoms with E-state index in [0.29, 0.717) is 17.9 Å². The van der Waals surface area contributed by atoms with Gasteiger partial charge in [0, 0.05) is 23.4 Å². The zero-order valence-corrected chi connectivity index (χ0v) is 12.3. The second kappa shape index (κ2) is 5.13. The average Bonchev–Trinajstić information content (AvgIpc) is 3.15. The molecule has 104 valence electrons. The summed E-state index contributed by atoms with van der Waals surface area (Å²) >= 11 is 3.59. The Morgan fingerprint density at radius 2 is 2.11 bits per heavy atom. The van der Waals surface area contributed by atoms with Crippen molar-refractivity contribution in [3.8, 4) is 0 Å². The smallest absolute Gasteiger partial charge is 0.129 e. The Morgan fingerprint density at radius 3 is 2.74 bits per heavy atom. The van der Waals surface area contributed by atoms with Gasteiger partial charge in [-0.05, 0) is 43.2 Å². The van der Waals surface area contributed by atoms with Crippen molar-refractivity contribution >= 4 is 15.9 Å². The summed E-state index contributed by atoms with van der Waals surface area (Å²) in [6.45, 7) is 0.746. The van der Waals surface area contributed by atoms with Crippen molar-refractivity contribution in [1.29, 1.82) is 0 Å². The molecule has 0 spiro atoms. The second-order valence-corrected chi connectivity index (χ2v) is 6.35. The first-order valence-electron chi connectivity index (χ1n) is 6.76. The first-order chi connectivity index (χ1) is 9.14. The predicted octanol–water partition coefficient (Wildman–Crippen LogP) is 4.09. The van der Waals surface area contributed by atoms with Gasteiger partial charge in [-0.2, -0.15) is 0 Å². The fraction of sp³-hybridized carbons (Fsp3) is 0.600. The van der Waals surface area contributed by atoms with Gasteiger partial charge in [0.1, 0.15) is 11.6 Å². The standard InChI is InChI=1S/C15H17BrF2O/c16-9-15(5-6-19-14(15)10-1-2-10)8-11-3-4-12(17)7-13(11)18/h3-4,7,10,14H,1-2,5-6,8-9H2. The van der Waals surface area contributed by atoms with Gasteiger partial charge >= 0.3 is 0 Å². The molecule has 4 heteroatoms. The minimum Gasteiger partial charge on any atom is -0.377 e. The molecular formula is C15H17BrF2O. The van der Waals surface area contributed by atoms with Crippen molar-refractivity contribution in [2.75, 3.05) is 11.9 Å². The lowest BCUT2D eigenvalue weighted by Crippen LogP contribution is -2.36. The zero-order valence-electron chi connectivity index (χ0n) is 10.7. The van der Waals surface area contributed by atoms with Gasteiger partial charge in [0.05, 0.1) is 6.10 Å². The third-order valence-corrected chi connectivity index (χ3v) is 5.49. The first-order valence-corrected chi connectivity index (χ1v) is 7.88. The molecule has 1 nitrogen and oxygen atoms in total. The molecule has 0 amide bonds. The van der Waals surface area contributed by atoms with E-state index in [4.69, 9.17) is 4.74 Å². The van der Waals surface area contributed by atoms with Gasteiger partial charge in [-0.25, -0.2) is 8.78 Å². The number of hydrogen-bond donors (Lipinski definition) is 0. The summed E-state index contributed by atoms with van der Waals surface area (Å²) in [5, 5.41) is 0.804. The molecule has 19 heavy (non-hydrogen) atoms. The molecule has 1 aliphatic heterocycles. The third kappa shape index (κ3) is 2.57. The summed E-state index contributed by atoms with van der Waals surface area (Å²) in [5.74, 6) is -0.333. The summed E-state index contributed by atoms with van der Waals surface area (Å²) in [6.07, 6.45) is 4.20. The molecule has 0 bridgehead atoms. The van der Waals surface area contributed by atoms with Crippen LogP contribution in [0.15, 0.2) is 18.2 Å². The van der Waals surface area contributed by atoms with Crippen molar-refractivity contribution in [1.82, 2.24) is 0 Å². The molecule has 2 fully saturated rings. The van der Waals surface area contributed by atoms with Crippen LogP contribution < -0.4 is 0 Å².